The summed E-state index contributed by atoms with van der Waals surface area (Å²) < 4.78 is 0. The average Bonchev–Trinajstić information content (AvgIpc) is 2.35. The number of urea groups is 1. The highest BCUT2D eigenvalue weighted by Crippen LogP contribution is 2.12. The molecule has 0 aromatic carbocycles. The van der Waals surface area contributed by atoms with E-state index < -0.39 is 17.4 Å². The molecule has 0 aliphatic rings. The van der Waals surface area contributed by atoms with E-state index in [-0.39, 0.29) is 13.1 Å². The van der Waals surface area contributed by atoms with Crippen LogP contribution in [0.3, 0.4) is 0 Å². The van der Waals surface area contributed by atoms with E-state index in [1.54, 1.807) is 26.1 Å². The molecule has 0 saturated carbocycles. The summed E-state index contributed by atoms with van der Waals surface area (Å²) in [7, 11) is 0. The largest absolute Gasteiger partial charge is 0.481 e. The second-order valence-corrected chi connectivity index (χ2v) is 4.43. The topological polar surface area (TPSA) is 104 Å². The lowest BCUT2D eigenvalue weighted by molar-refractivity contribution is -0.146. The van der Waals surface area contributed by atoms with Crippen LogP contribution < -0.4 is 10.6 Å². The number of hydrogen-bond acceptors (Lipinski definition) is 4. The van der Waals surface area contributed by atoms with Gasteiger partial charge in [0.1, 0.15) is 6.33 Å². The van der Waals surface area contributed by atoms with Crippen LogP contribution in [0, 0.1) is 5.41 Å². The van der Waals surface area contributed by atoms with Crippen molar-refractivity contribution in [2.75, 3.05) is 6.54 Å². The Balaban J connectivity index is 2.33. The highest BCUT2D eigenvalue weighted by atomic mass is 16.4. The molecule has 0 aliphatic heterocycles. The maximum absolute atomic E-state index is 11.4. The molecule has 7 nitrogen and oxygen atoms in total. The Hall–Kier alpha value is -2.18. The Bertz CT molecular complexity index is 420. The summed E-state index contributed by atoms with van der Waals surface area (Å²) in [6.07, 6.45) is 2.97. The lowest BCUT2D eigenvalue weighted by Crippen LogP contribution is -2.43. The Morgan fingerprint density at radius 3 is 2.67 bits per heavy atom. The molecule has 0 atom stereocenters. The van der Waals surface area contributed by atoms with Crippen molar-refractivity contribution in [1.29, 1.82) is 0 Å². The molecular weight excluding hydrogens is 236 g/mol. The number of aliphatic carboxylic acids is 1. The van der Waals surface area contributed by atoms with Crippen LogP contribution in [0.5, 0.6) is 0 Å². The van der Waals surface area contributed by atoms with Crippen LogP contribution in [0.4, 0.5) is 4.79 Å². The molecule has 0 aliphatic carbocycles. The van der Waals surface area contributed by atoms with E-state index in [4.69, 9.17) is 5.11 Å². The Kier molecular flexibility index (Phi) is 4.59. The van der Waals surface area contributed by atoms with Gasteiger partial charge >= 0.3 is 12.0 Å². The van der Waals surface area contributed by atoms with Crippen molar-refractivity contribution < 1.29 is 14.7 Å². The van der Waals surface area contributed by atoms with Gasteiger partial charge in [-0.2, -0.15) is 0 Å². The monoisotopic (exact) mass is 252 g/mol. The highest BCUT2D eigenvalue weighted by molar-refractivity contribution is 5.77. The van der Waals surface area contributed by atoms with Gasteiger partial charge in [0.25, 0.3) is 0 Å². The molecule has 0 unspecified atom stereocenters. The normalized spacial score (nSPS) is 10.8. The van der Waals surface area contributed by atoms with E-state index in [9.17, 15) is 9.59 Å². The minimum Gasteiger partial charge on any atom is -0.481 e. The first-order valence-corrected chi connectivity index (χ1v) is 5.42. The Labute approximate surface area is 105 Å². The van der Waals surface area contributed by atoms with E-state index in [1.807, 2.05) is 0 Å². The number of hydrogen-bond donors (Lipinski definition) is 3. The number of rotatable bonds is 5. The van der Waals surface area contributed by atoms with Crippen molar-refractivity contribution >= 4 is 12.0 Å². The van der Waals surface area contributed by atoms with Crippen molar-refractivity contribution in [1.82, 2.24) is 20.6 Å². The molecule has 0 saturated heterocycles. The summed E-state index contributed by atoms with van der Waals surface area (Å²) in [5.74, 6) is -0.960. The smallest absolute Gasteiger partial charge is 0.315 e. The van der Waals surface area contributed by atoms with Gasteiger partial charge in [-0.15, -0.1) is 0 Å². The maximum atomic E-state index is 11.4. The number of carboxylic acid groups (broad SMARTS) is 1. The van der Waals surface area contributed by atoms with Crippen LogP contribution in [0.15, 0.2) is 18.6 Å². The molecule has 18 heavy (non-hydrogen) atoms. The van der Waals surface area contributed by atoms with Crippen molar-refractivity contribution in [2.24, 2.45) is 5.41 Å². The third kappa shape index (κ3) is 4.36. The number of aromatic nitrogens is 2. The molecule has 1 aromatic heterocycles. The van der Waals surface area contributed by atoms with Crippen molar-refractivity contribution in [3.05, 3.63) is 24.3 Å². The number of amides is 2. The van der Waals surface area contributed by atoms with Gasteiger partial charge in [-0.25, -0.2) is 14.8 Å². The predicted molar refractivity (Wildman–Crippen MR) is 63.7 cm³/mol. The SMILES string of the molecule is CC(C)(CNC(=O)NCc1ccncn1)C(=O)O. The molecular formula is C11H16N4O3. The third-order valence-electron chi connectivity index (χ3n) is 2.34. The molecule has 1 aromatic rings. The summed E-state index contributed by atoms with van der Waals surface area (Å²) >= 11 is 0. The summed E-state index contributed by atoms with van der Waals surface area (Å²) in [6.45, 7) is 3.40. The van der Waals surface area contributed by atoms with E-state index in [0.717, 1.165) is 0 Å². The van der Waals surface area contributed by atoms with Crippen LogP contribution in [0.1, 0.15) is 19.5 Å². The van der Waals surface area contributed by atoms with Gasteiger partial charge in [0.2, 0.25) is 0 Å². The zero-order valence-electron chi connectivity index (χ0n) is 10.3. The minimum atomic E-state index is -0.994. The van der Waals surface area contributed by atoms with Crippen molar-refractivity contribution in [3.8, 4) is 0 Å². The van der Waals surface area contributed by atoms with Gasteiger partial charge < -0.3 is 15.7 Å². The molecule has 1 rings (SSSR count). The molecule has 7 heteroatoms. The van der Waals surface area contributed by atoms with Crippen LogP contribution in [0.25, 0.3) is 0 Å². The predicted octanol–water partition coefficient (Wildman–Crippen LogP) is 0.387. The summed E-state index contributed by atoms with van der Waals surface area (Å²) in [6, 6.07) is 1.25. The second-order valence-electron chi connectivity index (χ2n) is 4.43. The van der Waals surface area contributed by atoms with Gasteiger partial charge in [0.15, 0.2) is 0 Å². The lowest BCUT2D eigenvalue weighted by Gasteiger charge is -2.19. The van der Waals surface area contributed by atoms with Gasteiger partial charge in [-0.3, -0.25) is 4.79 Å². The quantitative estimate of drug-likeness (QED) is 0.703. The van der Waals surface area contributed by atoms with Gasteiger partial charge in [0, 0.05) is 12.7 Å². The third-order valence-corrected chi connectivity index (χ3v) is 2.34. The number of nitrogens with one attached hydrogen (secondary N) is 2. The highest BCUT2D eigenvalue weighted by Gasteiger charge is 2.27. The molecule has 98 valence electrons. The molecule has 2 amide bonds. The Morgan fingerprint density at radius 1 is 1.39 bits per heavy atom. The number of carboxylic acids is 1. The first kappa shape index (κ1) is 13.9. The molecule has 0 fully saturated rings. The standard InChI is InChI=1S/C11H16N4O3/c1-11(2,9(16)17)6-14-10(18)13-5-8-3-4-12-7-15-8/h3-4,7H,5-6H2,1-2H3,(H,16,17)(H2,13,14,18). The van der Waals surface area contributed by atoms with Crippen molar-refractivity contribution in [3.63, 3.8) is 0 Å². The lowest BCUT2D eigenvalue weighted by atomic mass is 9.94. The molecule has 0 spiro atoms. The first-order chi connectivity index (χ1) is 8.42. The van der Waals surface area contributed by atoms with Crippen LogP contribution in [-0.2, 0) is 11.3 Å². The fourth-order valence-electron chi connectivity index (χ4n) is 1.03. The van der Waals surface area contributed by atoms with E-state index in [1.165, 1.54) is 6.33 Å². The summed E-state index contributed by atoms with van der Waals surface area (Å²) in [5.41, 5.74) is -0.315. The van der Waals surface area contributed by atoms with E-state index in [2.05, 4.69) is 20.6 Å². The minimum absolute atomic E-state index is 0.0535. The zero-order chi connectivity index (χ0) is 13.6. The van der Waals surface area contributed by atoms with E-state index in [0.29, 0.717) is 5.69 Å². The van der Waals surface area contributed by atoms with Crippen LogP contribution in [0.2, 0.25) is 0 Å². The molecule has 3 N–H and O–H groups in total. The van der Waals surface area contributed by atoms with Crippen molar-refractivity contribution in [2.45, 2.75) is 20.4 Å². The van der Waals surface area contributed by atoms with Gasteiger partial charge in [0.05, 0.1) is 17.7 Å². The number of carbonyl (C=O) groups excluding carboxylic acids is 1. The first-order valence-electron chi connectivity index (χ1n) is 5.42. The second kappa shape index (κ2) is 5.95. The summed E-state index contributed by atoms with van der Waals surface area (Å²) in [5, 5.41) is 14.0. The zero-order valence-corrected chi connectivity index (χ0v) is 10.3. The molecule has 0 radical (unpaired) electrons. The average molecular weight is 252 g/mol. The molecule has 1 heterocycles. The fourth-order valence-corrected chi connectivity index (χ4v) is 1.03. The van der Waals surface area contributed by atoms with Crippen LogP contribution >= 0.6 is 0 Å². The summed E-state index contributed by atoms with van der Waals surface area (Å²) in [4.78, 5) is 29.9. The van der Waals surface area contributed by atoms with Crippen LogP contribution in [-0.4, -0.2) is 33.6 Å². The number of carbonyl (C=O) groups is 2. The fraction of sp³-hybridized carbons (Fsp3) is 0.455. The Morgan fingerprint density at radius 2 is 2.11 bits per heavy atom. The van der Waals surface area contributed by atoms with Gasteiger partial charge in [-0.05, 0) is 19.9 Å². The number of nitrogens with zero attached hydrogens (tertiary/aromatic N) is 2. The molecule has 0 bridgehead atoms. The van der Waals surface area contributed by atoms with E-state index >= 15 is 0 Å². The maximum Gasteiger partial charge on any atom is 0.315 e. The van der Waals surface area contributed by atoms with Gasteiger partial charge in [-0.1, -0.05) is 0 Å².